The highest BCUT2D eigenvalue weighted by molar-refractivity contribution is 7.98. The molecule has 2 aromatic carbocycles. The zero-order valence-corrected chi connectivity index (χ0v) is 20.6. The lowest BCUT2D eigenvalue weighted by molar-refractivity contribution is -0.123. The van der Waals surface area contributed by atoms with Crippen LogP contribution in [0, 0.1) is 5.92 Å². The molecule has 1 unspecified atom stereocenters. The lowest BCUT2D eigenvalue weighted by Gasteiger charge is -2.19. The Balaban J connectivity index is 1.60. The van der Waals surface area contributed by atoms with E-state index in [-0.39, 0.29) is 23.6 Å². The van der Waals surface area contributed by atoms with Crippen LogP contribution in [0.15, 0.2) is 48.5 Å². The van der Waals surface area contributed by atoms with Gasteiger partial charge in [0, 0.05) is 18.2 Å². The van der Waals surface area contributed by atoms with E-state index in [1.54, 1.807) is 36.0 Å². The highest BCUT2D eigenvalue weighted by Gasteiger charge is 2.24. The maximum Gasteiger partial charge on any atom is 0.255 e. The number of ether oxygens (including phenoxy) is 1. The van der Waals surface area contributed by atoms with E-state index in [0.717, 1.165) is 42.7 Å². The number of rotatable bonds is 11. The van der Waals surface area contributed by atoms with E-state index in [4.69, 9.17) is 4.74 Å². The Kier molecular flexibility index (Phi) is 9.82. The van der Waals surface area contributed by atoms with Crippen molar-refractivity contribution in [1.29, 1.82) is 0 Å². The number of nitrogens with one attached hydrogen (secondary N) is 3. The molecule has 1 aliphatic carbocycles. The molecule has 8 heteroatoms. The van der Waals surface area contributed by atoms with Crippen LogP contribution in [0.25, 0.3) is 0 Å². The lowest BCUT2D eigenvalue weighted by Crippen LogP contribution is -2.47. The fraction of sp³-hybridized carbons (Fsp3) is 0.423. The zero-order valence-electron chi connectivity index (χ0n) is 19.8. The predicted octanol–water partition coefficient (Wildman–Crippen LogP) is 3.99. The molecule has 182 valence electrons. The number of hydrogen-bond acceptors (Lipinski definition) is 5. The summed E-state index contributed by atoms with van der Waals surface area (Å²) in [6.07, 6.45) is 6.57. The fourth-order valence-electron chi connectivity index (χ4n) is 4.08. The maximum atomic E-state index is 12.9. The van der Waals surface area contributed by atoms with Gasteiger partial charge in [-0.1, -0.05) is 37.1 Å². The van der Waals surface area contributed by atoms with Gasteiger partial charge in [-0.25, -0.2) is 0 Å². The predicted molar refractivity (Wildman–Crippen MR) is 136 cm³/mol. The van der Waals surface area contributed by atoms with Crippen LogP contribution in [0.5, 0.6) is 5.75 Å². The molecule has 0 aliphatic heterocycles. The summed E-state index contributed by atoms with van der Waals surface area (Å²) in [5.41, 5.74) is 1.99. The third-order valence-corrected chi connectivity index (χ3v) is 6.62. The monoisotopic (exact) mass is 483 g/mol. The van der Waals surface area contributed by atoms with E-state index in [2.05, 4.69) is 16.0 Å². The number of amides is 3. The van der Waals surface area contributed by atoms with E-state index in [1.807, 2.05) is 30.5 Å². The molecular formula is C26H33N3O4S. The second kappa shape index (κ2) is 13.0. The molecule has 7 nitrogen and oxygen atoms in total. The van der Waals surface area contributed by atoms with Crippen molar-refractivity contribution in [2.24, 2.45) is 5.92 Å². The van der Waals surface area contributed by atoms with Crippen LogP contribution in [0.3, 0.4) is 0 Å². The van der Waals surface area contributed by atoms with Crippen molar-refractivity contribution in [3.8, 4) is 5.75 Å². The highest BCUT2D eigenvalue weighted by Crippen LogP contribution is 2.26. The zero-order chi connectivity index (χ0) is 24.3. The molecule has 0 spiro atoms. The Labute approximate surface area is 205 Å². The maximum absolute atomic E-state index is 12.9. The Morgan fingerprint density at radius 1 is 1.09 bits per heavy atom. The molecule has 2 aromatic rings. The molecular weight excluding hydrogens is 450 g/mol. The molecule has 1 fully saturated rings. The third-order valence-electron chi connectivity index (χ3n) is 5.97. The van der Waals surface area contributed by atoms with Crippen molar-refractivity contribution < 1.29 is 19.1 Å². The van der Waals surface area contributed by atoms with Gasteiger partial charge in [0.05, 0.1) is 12.7 Å². The molecule has 0 heterocycles. The molecule has 0 saturated heterocycles. The van der Waals surface area contributed by atoms with E-state index < -0.39 is 6.04 Å². The minimum Gasteiger partial charge on any atom is -0.496 e. The molecule has 3 amide bonds. The van der Waals surface area contributed by atoms with Crippen molar-refractivity contribution in [1.82, 2.24) is 10.6 Å². The van der Waals surface area contributed by atoms with Crippen molar-refractivity contribution in [2.75, 3.05) is 24.4 Å². The van der Waals surface area contributed by atoms with Gasteiger partial charge in [-0.05, 0) is 61.1 Å². The summed E-state index contributed by atoms with van der Waals surface area (Å²) in [6.45, 7) is 0.298. The Bertz CT molecular complexity index is 992. The van der Waals surface area contributed by atoms with E-state index in [1.165, 1.54) is 7.11 Å². The average Bonchev–Trinajstić information content (AvgIpc) is 3.40. The van der Waals surface area contributed by atoms with Gasteiger partial charge in [0.2, 0.25) is 11.8 Å². The Morgan fingerprint density at radius 3 is 2.59 bits per heavy atom. The number of anilines is 1. The average molecular weight is 484 g/mol. The molecule has 34 heavy (non-hydrogen) atoms. The molecule has 0 aromatic heterocycles. The van der Waals surface area contributed by atoms with Gasteiger partial charge in [0.1, 0.15) is 11.8 Å². The van der Waals surface area contributed by atoms with Gasteiger partial charge in [0.15, 0.2) is 0 Å². The van der Waals surface area contributed by atoms with Crippen molar-refractivity contribution in [3.63, 3.8) is 0 Å². The first-order valence-corrected chi connectivity index (χ1v) is 13.0. The van der Waals surface area contributed by atoms with E-state index in [0.29, 0.717) is 24.3 Å². The van der Waals surface area contributed by atoms with Crippen LogP contribution in [0.4, 0.5) is 5.69 Å². The lowest BCUT2D eigenvalue weighted by atomic mass is 10.1. The number of carbonyl (C=O) groups is 3. The summed E-state index contributed by atoms with van der Waals surface area (Å²) in [6, 6.07) is 13.7. The summed E-state index contributed by atoms with van der Waals surface area (Å²) in [5, 5.41) is 8.76. The summed E-state index contributed by atoms with van der Waals surface area (Å²) < 4.78 is 5.27. The van der Waals surface area contributed by atoms with Crippen molar-refractivity contribution >= 4 is 35.2 Å². The second-order valence-corrected chi connectivity index (χ2v) is 9.38. The van der Waals surface area contributed by atoms with Crippen molar-refractivity contribution in [3.05, 3.63) is 59.7 Å². The number of carbonyl (C=O) groups excluding carboxylic acids is 3. The molecule has 1 saturated carbocycles. The minimum atomic E-state index is -0.671. The molecule has 3 N–H and O–H groups in total. The van der Waals surface area contributed by atoms with Crippen LogP contribution in [-0.4, -0.2) is 42.9 Å². The van der Waals surface area contributed by atoms with Gasteiger partial charge >= 0.3 is 0 Å². The second-order valence-electron chi connectivity index (χ2n) is 8.40. The number of hydrogen-bond donors (Lipinski definition) is 3. The molecule has 1 aliphatic rings. The standard InChI is InChI=1S/C26H33N3O4S/c1-33-23-13-6-5-12-21(23)25(31)29-22(14-15-34-2)26(32)27-17-18-8-7-11-20(16-18)28-24(30)19-9-3-4-10-19/h5-8,11-13,16,19,22H,3-4,9-10,14-15,17H2,1-2H3,(H,27,32)(H,28,30)(H,29,31). The van der Waals surface area contributed by atoms with Crippen LogP contribution >= 0.6 is 11.8 Å². The smallest absolute Gasteiger partial charge is 0.255 e. The van der Waals surface area contributed by atoms with Gasteiger partial charge < -0.3 is 20.7 Å². The van der Waals surface area contributed by atoms with Gasteiger partial charge in [-0.2, -0.15) is 11.8 Å². The Hall–Kier alpha value is -3.00. The van der Waals surface area contributed by atoms with Crippen LogP contribution < -0.4 is 20.7 Å². The molecule has 0 radical (unpaired) electrons. The van der Waals surface area contributed by atoms with Crippen LogP contribution in [0.1, 0.15) is 48.0 Å². The number of benzene rings is 2. The van der Waals surface area contributed by atoms with Crippen LogP contribution in [0.2, 0.25) is 0 Å². The topological polar surface area (TPSA) is 96.5 Å². The van der Waals surface area contributed by atoms with Crippen molar-refractivity contribution in [2.45, 2.75) is 44.7 Å². The SMILES string of the molecule is COc1ccccc1C(=O)NC(CCSC)C(=O)NCc1cccc(NC(=O)C2CCCC2)c1. The quantitative estimate of drug-likeness (QED) is 0.449. The number of methoxy groups -OCH3 is 1. The third kappa shape index (κ3) is 7.25. The summed E-state index contributed by atoms with van der Waals surface area (Å²) in [7, 11) is 1.51. The Morgan fingerprint density at radius 2 is 1.85 bits per heavy atom. The van der Waals surface area contributed by atoms with Gasteiger partial charge in [-0.15, -0.1) is 0 Å². The largest absolute Gasteiger partial charge is 0.496 e. The highest BCUT2D eigenvalue weighted by atomic mass is 32.2. The molecule has 3 rings (SSSR count). The van der Waals surface area contributed by atoms with E-state index in [9.17, 15) is 14.4 Å². The van der Waals surface area contributed by atoms with Gasteiger partial charge in [0.25, 0.3) is 5.91 Å². The first kappa shape index (κ1) is 25.6. The number of thioether (sulfide) groups is 1. The first-order valence-electron chi connectivity index (χ1n) is 11.6. The summed E-state index contributed by atoms with van der Waals surface area (Å²) >= 11 is 1.61. The normalized spacial score (nSPS) is 14.3. The minimum absolute atomic E-state index is 0.0647. The van der Waals surface area contributed by atoms with E-state index >= 15 is 0 Å². The van der Waals surface area contributed by atoms with Crippen LogP contribution in [-0.2, 0) is 16.1 Å². The molecule has 0 bridgehead atoms. The number of para-hydroxylation sites is 1. The summed E-state index contributed by atoms with van der Waals surface area (Å²) in [4.78, 5) is 38.2. The first-order chi connectivity index (χ1) is 16.5. The van der Waals surface area contributed by atoms with Gasteiger partial charge in [-0.3, -0.25) is 14.4 Å². The summed E-state index contributed by atoms with van der Waals surface area (Å²) in [5.74, 6) is 0.739. The molecule has 1 atom stereocenters. The fourth-order valence-corrected chi connectivity index (χ4v) is 4.55.